The Balaban J connectivity index is 1.40. The summed E-state index contributed by atoms with van der Waals surface area (Å²) in [6.07, 6.45) is 3.65. The van der Waals surface area contributed by atoms with Gasteiger partial charge in [0, 0.05) is 6.42 Å². The van der Waals surface area contributed by atoms with Crippen molar-refractivity contribution in [2.45, 2.75) is 19.8 Å². The third kappa shape index (κ3) is 5.84. The molecule has 1 fully saturated rings. The van der Waals surface area contributed by atoms with E-state index in [4.69, 9.17) is 21.7 Å². The van der Waals surface area contributed by atoms with Crippen molar-refractivity contribution in [2.24, 2.45) is 0 Å². The molecule has 1 N–H and O–H groups in total. The number of carbonyl (C=O) groups is 1. The summed E-state index contributed by atoms with van der Waals surface area (Å²) in [5.41, 5.74) is 2.24. The Hall–Kier alpha value is -2.31. The largest absolute Gasteiger partial charge is 0.493 e. The predicted molar refractivity (Wildman–Crippen MR) is 114 cm³/mol. The van der Waals surface area contributed by atoms with Crippen molar-refractivity contribution in [3.8, 4) is 11.5 Å². The molecule has 140 valence electrons. The average molecular weight is 400 g/mol. The molecule has 0 bridgehead atoms. The molecule has 3 rings (SSSR count). The standard InChI is InChI=1S/C21H21NO3S2/c1-2-15-4-8-17(9-5-15)24-12-3-13-25-18-10-6-16(7-11-18)14-19-20(23)22-21(26)27-19/h4-11,14H,2-3,12-13H2,1H3,(H,22,23,26). The number of carbonyl (C=O) groups excluding carboxylic acids is 1. The van der Waals surface area contributed by atoms with E-state index in [9.17, 15) is 4.79 Å². The molecule has 0 saturated carbocycles. The predicted octanol–water partition coefficient (Wildman–Crippen LogP) is 4.59. The molecule has 1 aliphatic rings. The Kier molecular flexibility index (Phi) is 6.90. The van der Waals surface area contributed by atoms with Crippen LogP contribution in [0.5, 0.6) is 11.5 Å². The maximum Gasteiger partial charge on any atom is 0.263 e. The molecule has 1 heterocycles. The molecular weight excluding hydrogens is 378 g/mol. The smallest absolute Gasteiger partial charge is 0.263 e. The third-order valence-corrected chi connectivity index (χ3v) is 5.14. The molecule has 2 aromatic rings. The van der Waals surface area contributed by atoms with Gasteiger partial charge in [0.1, 0.15) is 15.8 Å². The van der Waals surface area contributed by atoms with Gasteiger partial charge in [-0.3, -0.25) is 4.79 Å². The van der Waals surface area contributed by atoms with E-state index in [-0.39, 0.29) is 5.91 Å². The van der Waals surface area contributed by atoms with Gasteiger partial charge in [-0.2, -0.15) is 0 Å². The van der Waals surface area contributed by atoms with Crippen LogP contribution in [0.3, 0.4) is 0 Å². The van der Waals surface area contributed by atoms with Crippen molar-refractivity contribution >= 4 is 40.3 Å². The van der Waals surface area contributed by atoms with E-state index in [0.29, 0.717) is 22.4 Å². The zero-order valence-corrected chi connectivity index (χ0v) is 16.7. The van der Waals surface area contributed by atoms with Crippen LogP contribution in [-0.2, 0) is 11.2 Å². The number of aryl methyl sites for hydroxylation is 1. The lowest BCUT2D eigenvalue weighted by molar-refractivity contribution is -0.115. The number of nitrogens with one attached hydrogen (secondary N) is 1. The molecule has 0 aromatic heterocycles. The van der Waals surface area contributed by atoms with Crippen molar-refractivity contribution < 1.29 is 14.3 Å². The highest BCUT2D eigenvalue weighted by Gasteiger charge is 2.21. The highest BCUT2D eigenvalue weighted by atomic mass is 32.2. The average Bonchev–Trinajstić information content (AvgIpc) is 3.00. The van der Waals surface area contributed by atoms with Gasteiger partial charge < -0.3 is 14.8 Å². The number of amides is 1. The van der Waals surface area contributed by atoms with Crippen LogP contribution < -0.4 is 14.8 Å². The molecule has 1 aliphatic heterocycles. The number of hydrogen-bond acceptors (Lipinski definition) is 5. The Morgan fingerprint density at radius 2 is 1.59 bits per heavy atom. The number of thiocarbonyl (C=S) groups is 1. The molecule has 0 radical (unpaired) electrons. The Morgan fingerprint density at radius 1 is 1.00 bits per heavy atom. The SMILES string of the molecule is CCc1ccc(OCCCOc2ccc(C=C3SC(=S)NC3=O)cc2)cc1. The fraction of sp³-hybridized carbons (Fsp3) is 0.238. The van der Waals surface area contributed by atoms with Crippen molar-refractivity contribution in [3.63, 3.8) is 0 Å². The van der Waals surface area contributed by atoms with Gasteiger partial charge in [-0.25, -0.2) is 0 Å². The van der Waals surface area contributed by atoms with E-state index in [0.717, 1.165) is 29.9 Å². The summed E-state index contributed by atoms with van der Waals surface area (Å²) >= 11 is 6.26. The number of benzene rings is 2. The molecular formula is C21H21NO3S2. The van der Waals surface area contributed by atoms with E-state index in [1.165, 1.54) is 17.3 Å². The number of hydrogen-bond donors (Lipinski definition) is 1. The van der Waals surface area contributed by atoms with Crippen molar-refractivity contribution in [2.75, 3.05) is 13.2 Å². The van der Waals surface area contributed by atoms with Gasteiger partial charge in [0.25, 0.3) is 5.91 Å². The quantitative estimate of drug-likeness (QED) is 0.400. The number of rotatable bonds is 8. The van der Waals surface area contributed by atoms with Crippen LogP contribution in [0.4, 0.5) is 0 Å². The van der Waals surface area contributed by atoms with E-state index < -0.39 is 0 Å². The molecule has 27 heavy (non-hydrogen) atoms. The maximum absolute atomic E-state index is 11.7. The summed E-state index contributed by atoms with van der Waals surface area (Å²) in [6, 6.07) is 15.8. The van der Waals surface area contributed by atoms with Gasteiger partial charge in [0.2, 0.25) is 0 Å². The van der Waals surface area contributed by atoms with Gasteiger partial charge in [-0.1, -0.05) is 55.2 Å². The molecule has 6 heteroatoms. The summed E-state index contributed by atoms with van der Waals surface area (Å²) < 4.78 is 11.9. The summed E-state index contributed by atoms with van der Waals surface area (Å²) in [4.78, 5) is 12.3. The minimum absolute atomic E-state index is 0.144. The molecule has 0 unspecified atom stereocenters. The van der Waals surface area contributed by atoms with Crippen LogP contribution in [0.25, 0.3) is 6.08 Å². The van der Waals surface area contributed by atoms with E-state index in [1.807, 2.05) is 42.5 Å². The first-order valence-electron chi connectivity index (χ1n) is 8.83. The highest BCUT2D eigenvalue weighted by molar-refractivity contribution is 8.26. The lowest BCUT2D eigenvalue weighted by atomic mass is 10.2. The first kappa shape index (κ1) is 19.5. The lowest BCUT2D eigenvalue weighted by Gasteiger charge is -2.09. The second-order valence-corrected chi connectivity index (χ2v) is 7.69. The van der Waals surface area contributed by atoms with E-state index in [2.05, 4.69) is 24.4 Å². The van der Waals surface area contributed by atoms with Gasteiger partial charge >= 0.3 is 0 Å². The Bertz CT molecular complexity index is 830. The highest BCUT2D eigenvalue weighted by Crippen LogP contribution is 2.26. The zero-order chi connectivity index (χ0) is 19.1. The lowest BCUT2D eigenvalue weighted by Crippen LogP contribution is -2.17. The monoisotopic (exact) mass is 399 g/mol. The molecule has 4 nitrogen and oxygen atoms in total. The minimum atomic E-state index is -0.144. The first-order chi connectivity index (χ1) is 13.1. The van der Waals surface area contributed by atoms with Crippen LogP contribution in [-0.4, -0.2) is 23.4 Å². The van der Waals surface area contributed by atoms with Gasteiger partial charge in [0.05, 0.1) is 18.1 Å². The fourth-order valence-corrected chi connectivity index (χ4v) is 3.54. The first-order valence-corrected chi connectivity index (χ1v) is 10.1. The third-order valence-electron chi connectivity index (χ3n) is 3.98. The van der Waals surface area contributed by atoms with Gasteiger partial charge in [-0.05, 0) is 47.9 Å². The molecule has 1 amide bonds. The molecule has 0 aliphatic carbocycles. The van der Waals surface area contributed by atoms with Gasteiger partial charge in [0.15, 0.2) is 0 Å². The van der Waals surface area contributed by atoms with Crippen LogP contribution in [0, 0.1) is 0 Å². The van der Waals surface area contributed by atoms with Crippen molar-refractivity contribution in [1.82, 2.24) is 5.32 Å². The molecule has 0 atom stereocenters. The Morgan fingerprint density at radius 3 is 2.11 bits per heavy atom. The van der Waals surface area contributed by atoms with E-state index >= 15 is 0 Å². The van der Waals surface area contributed by atoms with Crippen molar-refractivity contribution in [3.05, 3.63) is 64.6 Å². The fourth-order valence-electron chi connectivity index (χ4n) is 2.49. The van der Waals surface area contributed by atoms with Crippen LogP contribution >= 0.6 is 24.0 Å². The minimum Gasteiger partial charge on any atom is -0.493 e. The summed E-state index contributed by atoms with van der Waals surface area (Å²) in [7, 11) is 0. The summed E-state index contributed by atoms with van der Waals surface area (Å²) in [5.74, 6) is 1.54. The topological polar surface area (TPSA) is 47.6 Å². The van der Waals surface area contributed by atoms with Crippen LogP contribution in [0.15, 0.2) is 53.4 Å². The van der Waals surface area contributed by atoms with E-state index in [1.54, 1.807) is 0 Å². The van der Waals surface area contributed by atoms with Crippen molar-refractivity contribution in [1.29, 1.82) is 0 Å². The molecule has 0 spiro atoms. The normalized spacial score (nSPS) is 15.1. The number of thioether (sulfide) groups is 1. The molecule has 2 aromatic carbocycles. The summed E-state index contributed by atoms with van der Waals surface area (Å²) in [5, 5.41) is 2.61. The van der Waals surface area contributed by atoms with Crippen LogP contribution in [0.2, 0.25) is 0 Å². The molecule has 1 saturated heterocycles. The zero-order valence-electron chi connectivity index (χ0n) is 15.1. The maximum atomic E-state index is 11.7. The van der Waals surface area contributed by atoms with Crippen LogP contribution in [0.1, 0.15) is 24.5 Å². The Labute approximate surface area is 168 Å². The van der Waals surface area contributed by atoms with Gasteiger partial charge in [-0.15, -0.1) is 0 Å². The summed E-state index contributed by atoms with van der Waals surface area (Å²) in [6.45, 7) is 3.33. The number of ether oxygens (including phenoxy) is 2. The second-order valence-electron chi connectivity index (χ2n) is 5.97. The second kappa shape index (κ2) is 9.58.